The quantitative estimate of drug-likeness (QED) is 0.862. The zero-order valence-electron chi connectivity index (χ0n) is 8.85. The van der Waals surface area contributed by atoms with Crippen molar-refractivity contribution in [3.05, 3.63) is 34.9 Å². The monoisotopic (exact) mass is 245 g/mol. The molecule has 1 saturated heterocycles. The fourth-order valence-electron chi connectivity index (χ4n) is 2.09. The molecule has 0 radical (unpaired) electrons. The van der Waals surface area contributed by atoms with Gasteiger partial charge in [0.1, 0.15) is 0 Å². The summed E-state index contributed by atoms with van der Waals surface area (Å²) in [7, 11) is 0. The first-order valence-electron chi connectivity index (χ1n) is 5.43. The van der Waals surface area contributed by atoms with Gasteiger partial charge in [-0.2, -0.15) is 0 Å². The van der Waals surface area contributed by atoms with Crippen LogP contribution in [0.2, 0.25) is 5.02 Å². The standard InChI is InChI=1S/C12H14ClF2N/c13-10-4-1-3-9(7-10)8-12(14,15)11-5-2-6-16-11/h1,3-4,7,11,16H,2,5-6,8H2. The van der Waals surface area contributed by atoms with Crippen LogP contribution in [0.15, 0.2) is 24.3 Å². The second-order valence-corrected chi connectivity index (χ2v) is 4.65. The number of alkyl halides is 2. The summed E-state index contributed by atoms with van der Waals surface area (Å²) in [5, 5.41) is 3.36. The Labute approximate surface area is 98.8 Å². The second kappa shape index (κ2) is 4.68. The molecular weight excluding hydrogens is 232 g/mol. The third-order valence-electron chi connectivity index (χ3n) is 2.90. The third kappa shape index (κ3) is 2.71. The summed E-state index contributed by atoms with van der Waals surface area (Å²) >= 11 is 5.77. The molecule has 1 aromatic carbocycles. The van der Waals surface area contributed by atoms with Gasteiger partial charge in [0.2, 0.25) is 0 Å². The first-order valence-corrected chi connectivity index (χ1v) is 5.81. The Bertz CT molecular complexity index is 362. The SMILES string of the molecule is FC(F)(Cc1cccc(Cl)c1)C1CCCN1. The summed E-state index contributed by atoms with van der Waals surface area (Å²) in [5.41, 5.74) is 0.589. The van der Waals surface area contributed by atoms with E-state index in [1.807, 2.05) is 0 Å². The summed E-state index contributed by atoms with van der Waals surface area (Å²) in [6.07, 6.45) is 1.13. The molecular formula is C12H14ClF2N. The van der Waals surface area contributed by atoms with Gasteiger partial charge >= 0.3 is 0 Å². The zero-order valence-corrected chi connectivity index (χ0v) is 9.61. The van der Waals surface area contributed by atoms with Gasteiger partial charge in [-0.1, -0.05) is 23.7 Å². The van der Waals surface area contributed by atoms with E-state index >= 15 is 0 Å². The first-order chi connectivity index (χ1) is 7.58. The minimum Gasteiger partial charge on any atom is -0.309 e. The minimum atomic E-state index is -2.69. The molecule has 1 atom stereocenters. The molecule has 1 unspecified atom stereocenters. The van der Waals surface area contributed by atoms with Gasteiger partial charge in [-0.3, -0.25) is 0 Å². The van der Waals surface area contributed by atoms with Crippen molar-refractivity contribution in [2.45, 2.75) is 31.2 Å². The van der Waals surface area contributed by atoms with Crippen LogP contribution in [0.5, 0.6) is 0 Å². The topological polar surface area (TPSA) is 12.0 Å². The molecule has 1 nitrogen and oxygen atoms in total. The summed E-state index contributed by atoms with van der Waals surface area (Å²) in [6.45, 7) is 0.690. The van der Waals surface area contributed by atoms with Crippen LogP contribution in [0.3, 0.4) is 0 Å². The van der Waals surface area contributed by atoms with Crippen molar-refractivity contribution in [3.8, 4) is 0 Å². The van der Waals surface area contributed by atoms with E-state index in [1.165, 1.54) is 0 Å². The molecule has 0 bridgehead atoms. The van der Waals surface area contributed by atoms with Gasteiger partial charge in [0.15, 0.2) is 0 Å². The van der Waals surface area contributed by atoms with Crippen molar-refractivity contribution >= 4 is 11.6 Å². The molecule has 88 valence electrons. The predicted octanol–water partition coefficient (Wildman–Crippen LogP) is 3.27. The normalized spacial score (nSPS) is 21.3. The van der Waals surface area contributed by atoms with Gasteiger partial charge in [-0.25, -0.2) is 8.78 Å². The molecule has 0 amide bonds. The van der Waals surface area contributed by atoms with Crippen molar-refractivity contribution in [1.82, 2.24) is 5.32 Å². The largest absolute Gasteiger partial charge is 0.309 e. The van der Waals surface area contributed by atoms with E-state index in [-0.39, 0.29) is 6.42 Å². The van der Waals surface area contributed by atoms with E-state index in [0.717, 1.165) is 6.42 Å². The Balaban J connectivity index is 2.07. The summed E-state index contributed by atoms with van der Waals surface area (Å²) in [4.78, 5) is 0. The van der Waals surface area contributed by atoms with Crippen molar-refractivity contribution in [1.29, 1.82) is 0 Å². The lowest BCUT2D eigenvalue weighted by atomic mass is 10.00. The Morgan fingerprint density at radius 3 is 2.88 bits per heavy atom. The van der Waals surface area contributed by atoms with Crippen molar-refractivity contribution < 1.29 is 8.78 Å². The average Bonchev–Trinajstić information content (AvgIpc) is 2.69. The highest BCUT2D eigenvalue weighted by Crippen LogP contribution is 2.29. The molecule has 1 N–H and O–H groups in total. The third-order valence-corrected chi connectivity index (χ3v) is 3.13. The maximum atomic E-state index is 13.8. The molecule has 0 saturated carbocycles. The Morgan fingerprint density at radius 1 is 1.44 bits per heavy atom. The van der Waals surface area contributed by atoms with E-state index in [0.29, 0.717) is 23.6 Å². The zero-order chi connectivity index (χ0) is 11.6. The van der Waals surface area contributed by atoms with E-state index < -0.39 is 12.0 Å². The van der Waals surface area contributed by atoms with E-state index in [2.05, 4.69) is 5.32 Å². The molecule has 1 heterocycles. The molecule has 0 spiro atoms. The van der Waals surface area contributed by atoms with Crippen LogP contribution in [-0.2, 0) is 6.42 Å². The highest BCUT2D eigenvalue weighted by Gasteiger charge is 2.40. The minimum absolute atomic E-state index is 0.245. The second-order valence-electron chi connectivity index (χ2n) is 4.22. The fraction of sp³-hybridized carbons (Fsp3) is 0.500. The molecule has 0 aromatic heterocycles. The van der Waals surface area contributed by atoms with Crippen LogP contribution < -0.4 is 5.32 Å². The van der Waals surface area contributed by atoms with Gasteiger partial charge in [0.25, 0.3) is 5.92 Å². The fourth-order valence-corrected chi connectivity index (χ4v) is 2.30. The highest BCUT2D eigenvalue weighted by atomic mass is 35.5. The predicted molar refractivity (Wildman–Crippen MR) is 61.1 cm³/mol. The van der Waals surface area contributed by atoms with Gasteiger partial charge in [0, 0.05) is 11.4 Å². The van der Waals surface area contributed by atoms with Crippen molar-refractivity contribution in [2.75, 3.05) is 6.54 Å². The van der Waals surface area contributed by atoms with Crippen LogP contribution in [0, 0.1) is 0 Å². The van der Waals surface area contributed by atoms with Gasteiger partial charge in [-0.05, 0) is 37.1 Å². The van der Waals surface area contributed by atoms with Gasteiger partial charge in [0.05, 0.1) is 6.04 Å². The van der Waals surface area contributed by atoms with E-state index in [1.54, 1.807) is 24.3 Å². The summed E-state index contributed by atoms with van der Waals surface area (Å²) in [6, 6.07) is 6.00. The molecule has 0 aliphatic carbocycles. The van der Waals surface area contributed by atoms with E-state index in [4.69, 9.17) is 11.6 Å². The van der Waals surface area contributed by atoms with Gasteiger partial charge < -0.3 is 5.32 Å². The molecule has 4 heteroatoms. The van der Waals surface area contributed by atoms with Crippen LogP contribution in [0.1, 0.15) is 18.4 Å². The molecule has 1 aromatic rings. The number of rotatable bonds is 3. The van der Waals surface area contributed by atoms with Crippen LogP contribution in [-0.4, -0.2) is 18.5 Å². The van der Waals surface area contributed by atoms with Crippen LogP contribution in [0.4, 0.5) is 8.78 Å². The Hall–Kier alpha value is -0.670. The maximum Gasteiger partial charge on any atom is 0.267 e. The molecule has 1 aliphatic rings. The maximum absolute atomic E-state index is 13.8. The molecule has 2 rings (SSSR count). The number of hydrogen-bond donors (Lipinski definition) is 1. The smallest absolute Gasteiger partial charge is 0.267 e. The Kier molecular flexibility index (Phi) is 3.45. The lowest BCUT2D eigenvalue weighted by Crippen LogP contribution is -2.42. The number of hydrogen-bond acceptors (Lipinski definition) is 1. The first kappa shape index (κ1) is 11.8. The number of benzene rings is 1. The summed E-state index contributed by atoms with van der Waals surface area (Å²) in [5.74, 6) is -2.69. The Morgan fingerprint density at radius 2 is 2.25 bits per heavy atom. The summed E-state index contributed by atoms with van der Waals surface area (Å²) < 4.78 is 27.7. The molecule has 1 fully saturated rings. The molecule has 16 heavy (non-hydrogen) atoms. The lowest BCUT2D eigenvalue weighted by molar-refractivity contribution is -0.0307. The number of nitrogens with one attached hydrogen (secondary N) is 1. The van der Waals surface area contributed by atoms with Crippen LogP contribution >= 0.6 is 11.6 Å². The molecule has 1 aliphatic heterocycles. The van der Waals surface area contributed by atoms with Gasteiger partial charge in [-0.15, -0.1) is 0 Å². The highest BCUT2D eigenvalue weighted by molar-refractivity contribution is 6.30. The average molecular weight is 246 g/mol. The van der Waals surface area contributed by atoms with E-state index in [9.17, 15) is 8.78 Å². The van der Waals surface area contributed by atoms with Crippen molar-refractivity contribution in [2.24, 2.45) is 0 Å². The number of halogens is 3. The van der Waals surface area contributed by atoms with Crippen LogP contribution in [0.25, 0.3) is 0 Å². The van der Waals surface area contributed by atoms with Crippen molar-refractivity contribution in [3.63, 3.8) is 0 Å². The lowest BCUT2D eigenvalue weighted by Gasteiger charge is -2.23.